The van der Waals surface area contributed by atoms with E-state index in [1.165, 1.54) is 25.7 Å². The van der Waals surface area contributed by atoms with Gasteiger partial charge in [-0.2, -0.15) is 0 Å². The highest BCUT2D eigenvalue weighted by Gasteiger charge is 2.21. The normalized spacial score (nSPS) is 12.3. The molecule has 0 unspecified atom stereocenters. The van der Waals surface area contributed by atoms with Gasteiger partial charge in [-0.1, -0.05) is 74.2 Å². The van der Waals surface area contributed by atoms with Gasteiger partial charge in [0.15, 0.2) is 0 Å². The molecule has 0 aromatic heterocycles. The van der Waals surface area contributed by atoms with Crippen LogP contribution in [0.4, 0.5) is 28.8 Å². The van der Waals surface area contributed by atoms with Gasteiger partial charge in [-0.05, 0) is 180 Å². The maximum absolute atomic E-state index is 11.5. The van der Waals surface area contributed by atoms with Gasteiger partial charge in [0, 0.05) is 72.9 Å². The zero-order chi connectivity index (χ0) is 102. The number of hydrogen-bond donors (Lipinski definition) is 6. The minimum absolute atomic E-state index is 0.000923. The summed E-state index contributed by atoms with van der Waals surface area (Å²) >= 11 is 0. The molecule has 2 fully saturated rings. The summed E-state index contributed by atoms with van der Waals surface area (Å²) < 4.78 is 87.8. The molecule has 42 heteroatoms. The first-order valence-corrected chi connectivity index (χ1v) is 43.8. The van der Waals surface area contributed by atoms with Gasteiger partial charge in [-0.3, -0.25) is 0 Å². The molecule has 0 saturated heterocycles. The average Bonchev–Trinajstić information content (AvgIpc) is 0.932. The molecule has 2 aliphatic carbocycles. The van der Waals surface area contributed by atoms with Gasteiger partial charge in [0.1, 0.15) is 63.7 Å². The molecular formula is C93H136N6O36. The van der Waals surface area contributed by atoms with Crippen LogP contribution in [-0.4, -0.2) is 248 Å². The Kier molecular flexibility index (Phi) is 70.0. The van der Waals surface area contributed by atoms with Crippen molar-refractivity contribution in [2.45, 2.75) is 243 Å². The Morgan fingerprint density at radius 3 is 0.852 bits per heavy atom. The van der Waals surface area contributed by atoms with E-state index in [0.29, 0.717) is 18.3 Å². The second kappa shape index (κ2) is 76.7. The highest BCUT2D eigenvalue weighted by Crippen LogP contribution is 2.24. The van der Waals surface area contributed by atoms with E-state index in [4.69, 9.17) is 85.3 Å². The Balaban J connectivity index is 0. The molecule has 4 rings (SSSR count). The number of benzene rings is 2. The van der Waals surface area contributed by atoms with E-state index in [9.17, 15) is 86.3 Å². The van der Waals surface area contributed by atoms with Crippen LogP contribution in [0.3, 0.4) is 0 Å². The minimum Gasteiger partial charge on any atom is -0.461 e. The van der Waals surface area contributed by atoms with Crippen molar-refractivity contribution in [3.8, 4) is 5.75 Å². The highest BCUT2D eigenvalue weighted by atomic mass is 16.6. The third kappa shape index (κ3) is 84.2. The quantitative estimate of drug-likeness (QED) is 0.0155. The third-order valence-corrected chi connectivity index (χ3v) is 14.8. The molecule has 0 aliphatic heterocycles. The van der Waals surface area contributed by atoms with Crippen LogP contribution in [0.2, 0.25) is 0 Å². The monoisotopic (exact) mass is 1910 g/mol. The maximum Gasteiger partial charge on any atom is 0.412 e. The lowest BCUT2D eigenvalue weighted by Crippen LogP contribution is -2.34. The summed E-state index contributed by atoms with van der Waals surface area (Å²) in [6, 6.07) is 17.8. The van der Waals surface area contributed by atoms with Gasteiger partial charge in [-0.25, -0.2) is 86.3 Å². The van der Waals surface area contributed by atoms with Crippen LogP contribution in [-0.2, 0) is 145 Å². The largest absolute Gasteiger partial charge is 0.461 e. The van der Waals surface area contributed by atoms with E-state index in [0.717, 1.165) is 117 Å². The molecule has 754 valence electrons. The highest BCUT2D eigenvalue weighted by molar-refractivity contribution is 5.95. The van der Waals surface area contributed by atoms with Gasteiger partial charge in [0.2, 0.25) is 0 Å². The summed E-state index contributed by atoms with van der Waals surface area (Å²) in [6.45, 7) is 30.3. The summed E-state index contributed by atoms with van der Waals surface area (Å²) in [5, 5.41) is 14.7. The number of amides is 6. The lowest BCUT2D eigenvalue weighted by molar-refractivity contribution is -0.143. The van der Waals surface area contributed by atoms with E-state index >= 15 is 0 Å². The maximum atomic E-state index is 11.5. The Morgan fingerprint density at radius 1 is 0.289 bits per heavy atom. The van der Waals surface area contributed by atoms with Gasteiger partial charge < -0.3 is 117 Å². The number of esters is 12. The number of alkyl carbamates (subject to hydrolysis) is 5. The third-order valence-electron chi connectivity index (χ3n) is 14.8. The lowest BCUT2D eigenvalue weighted by atomic mass is 9.90. The van der Waals surface area contributed by atoms with E-state index in [1.54, 1.807) is 148 Å². The van der Waals surface area contributed by atoms with Crippen molar-refractivity contribution in [3.63, 3.8) is 0 Å². The first-order valence-electron chi connectivity index (χ1n) is 43.8. The Labute approximate surface area is 787 Å². The molecule has 42 nitrogen and oxygen atoms in total. The van der Waals surface area contributed by atoms with Crippen LogP contribution < -0.4 is 36.6 Å². The standard InChI is InChI=1S/C17H27NO6.C17H21NO6.C16H25NO6.C16H19NO6.C14H23NO6.C13H21NO6/c2*1-13(2)24-16(20)9-8-15(19)22-11-10-18-17(21)23-12-14-6-4-3-5-7-14;2*1-12(2)22-15(19)9-8-14(18)21-11-10-17-16(20)23-13-6-4-3-5-7-13;1-10(2)20-12(17)7-6-11(16)19-9-8-15-13(18)21-14(3,4)5;1-9(2)19-12(16)6-5-11(15)18-8-7-14-13(17)20-10(3)4/h8-9,13-14H,3-7,10-12H2,1-2H3,(H,18,21);3-9,13H,10-12H2,1-2H3,(H,18,21);8-9,12-13H,3-7,10-11H2,1-2H3,(H,17,20);3-9,12H,10-11H2,1-2H3,(H,17,20);6-7,10H,8-9H2,1-5H3,(H,15,18);5-6,9-10H,7-8H2,1-4H3,(H,14,17)/b4*9-8+;7-6+;6-5+. The first-order chi connectivity index (χ1) is 63.8. The number of para-hydroxylation sites is 1. The van der Waals surface area contributed by atoms with E-state index in [-0.39, 0.29) is 134 Å². The van der Waals surface area contributed by atoms with Gasteiger partial charge in [-0.15, -0.1) is 0 Å². The second-order valence-electron chi connectivity index (χ2n) is 31.0. The summed E-state index contributed by atoms with van der Waals surface area (Å²) in [5.41, 5.74) is 0.290. The van der Waals surface area contributed by atoms with E-state index in [2.05, 4.69) is 31.9 Å². The van der Waals surface area contributed by atoms with Crippen molar-refractivity contribution in [2.75, 3.05) is 85.5 Å². The zero-order valence-electron chi connectivity index (χ0n) is 80.1. The molecule has 2 aromatic rings. The topological polar surface area (TPSA) is 546 Å². The Morgan fingerprint density at radius 2 is 0.548 bits per heavy atom. The molecule has 6 amide bonds. The summed E-state index contributed by atoms with van der Waals surface area (Å²) in [7, 11) is 0. The predicted octanol–water partition coefficient (Wildman–Crippen LogP) is 11.0. The Hall–Kier alpha value is -13.9. The number of carbonyl (C=O) groups excluding carboxylic acids is 18. The van der Waals surface area contributed by atoms with Crippen LogP contribution in [0.25, 0.3) is 0 Å². The average molecular weight is 1910 g/mol. The molecule has 0 heterocycles. The molecule has 0 atom stereocenters. The smallest absolute Gasteiger partial charge is 0.412 e. The van der Waals surface area contributed by atoms with Crippen molar-refractivity contribution < 1.29 is 172 Å². The lowest BCUT2D eigenvalue weighted by Gasteiger charge is -2.21. The molecule has 2 aromatic carbocycles. The second-order valence-corrected chi connectivity index (χ2v) is 31.0. The van der Waals surface area contributed by atoms with E-state index < -0.39 is 114 Å². The first kappa shape index (κ1) is 123. The molecule has 135 heavy (non-hydrogen) atoms. The molecule has 0 spiro atoms. The fourth-order valence-electron chi connectivity index (χ4n) is 9.51. The minimum atomic E-state index is -0.705. The van der Waals surface area contributed by atoms with Crippen LogP contribution in [0.5, 0.6) is 5.75 Å². The molecule has 0 radical (unpaired) electrons. The van der Waals surface area contributed by atoms with Crippen molar-refractivity contribution in [2.24, 2.45) is 5.92 Å². The van der Waals surface area contributed by atoms with Crippen molar-refractivity contribution >= 4 is 108 Å². The molecule has 2 aliphatic rings. The summed E-state index contributed by atoms with van der Waals surface area (Å²) in [4.78, 5) is 203. The van der Waals surface area contributed by atoms with Crippen LogP contribution in [0.1, 0.15) is 187 Å². The van der Waals surface area contributed by atoms with Crippen LogP contribution >= 0.6 is 0 Å². The SMILES string of the molecule is CC(C)OC(=O)/C=C/C(=O)OCCNC(=O)OC(C)(C)C.CC(C)OC(=O)/C=C/C(=O)OCCNC(=O)OC(C)C.CC(C)OC(=O)/C=C/C(=O)OCCNC(=O)OC1CCCCC1.CC(C)OC(=O)/C=C/C(=O)OCCNC(=O)OCC1CCCCC1.CC(C)OC(=O)/C=C/C(=O)OCCNC(=O)OCc1ccccc1.CC(C)OC(=O)/C=C/C(=O)OCCNC(=O)Oc1ccccc1. The number of nitrogens with one attached hydrogen (secondary N) is 6. The zero-order valence-corrected chi connectivity index (χ0v) is 80.1. The summed E-state index contributed by atoms with van der Waals surface area (Å²) in [5.74, 6) is -6.95. The fourth-order valence-corrected chi connectivity index (χ4v) is 9.51. The van der Waals surface area contributed by atoms with Crippen molar-refractivity contribution in [3.05, 3.63) is 139 Å². The molecule has 2 saturated carbocycles. The van der Waals surface area contributed by atoms with Gasteiger partial charge in [0.25, 0.3) is 0 Å². The molecular weight excluding hydrogens is 1780 g/mol. The molecule has 0 bridgehead atoms. The number of hydrogen-bond acceptors (Lipinski definition) is 36. The number of ether oxygens (including phenoxy) is 18. The molecule has 6 N–H and O–H groups in total. The van der Waals surface area contributed by atoms with E-state index in [1.807, 2.05) is 30.3 Å². The van der Waals surface area contributed by atoms with Crippen molar-refractivity contribution in [1.29, 1.82) is 0 Å². The van der Waals surface area contributed by atoms with Gasteiger partial charge in [0.05, 0.1) is 88.6 Å². The number of carbonyl (C=O) groups is 18. The summed E-state index contributed by atoms with van der Waals surface area (Å²) in [6.07, 6.45) is 17.7. The van der Waals surface area contributed by atoms with Crippen LogP contribution in [0.15, 0.2) is 134 Å². The van der Waals surface area contributed by atoms with Crippen molar-refractivity contribution in [1.82, 2.24) is 31.9 Å². The fraction of sp³-hybridized carbons (Fsp3) is 0.548. The predicted molar refractivity (Wildman–Crippen MR) is 484 cm³/mol. The van der Waals surface area contributed by atoms with Gasteiger partial charge >= 0.3 is 108 Å². The Bertz CT molecular complexity index is 4060. The van der Waals surface area contributed by atoms with Crippen LogP contribution in [0, 0.1) is 5.92 Å². The number of rotatable bonds is 43.